The molecule has 4 aliphatic rings. The van der Waals surface area contributed by atoms with Crippen molar-refractivity contribution < 1.29 is 33.7 Å². The second-order valence-corrected chi connectivity index (χ2v) is 15.9. The number of esters is 2. The molecule has 0 amide bonds. The number of ether oxygens (including phenoxy) is 3. The molecule has 0 aliphatic heterocycles. The van der Waals surface area contributed by atoms with Crippen LogP contribution in [0.15, 0.2) is 11.6 Å². The van der Waals surface area contributed by atoms with Gasteiger partial charge in [-0.05, 0) is 97.7 Å². The van der Waals surface area contributed by atoms with E-state index in [1.165, 1.54) is 70.3 Å². The van der Waals surface area contributed by atoms with E-state index in [-0.39, 0.29) is 37.8 Å². The van der Waals surface area contributed by atoms with Crippen molar-refractivity contribution in [1.29, 1.82) is 0 Å². The molecule has 8 heteroatoms. The van der Waals surface area contributed by atoms with Crippen LogP contribution in [-0.4, -0.2) is 73.5 Å². The van der Waals surface area contributed by atoms with Gasteiger partial charge in [0.1, 0.15) is 6.10 Å². The molecule has 0 bridgehead atoms. The first-order chi connectivity index (χ1) is 21.3. The Labute approximate surface area is 272 Å². The molecule has 5 unspecified atom stereocenters. The molecule has 4 aliphatic carbocycles. The maximum Gasteiger partial charge on any atom is 0.319 e. The number of hydrogen-bond acceptors (Lipinski definition) is 7. The van der Waals surface area contributed by atoms with Crippen LogP contribution < -0.4 is 0 Å². The smallest absolute Gasteiger partial charge is 0.319 e. The van der Waals surface area contributed by atoms with E-state index >= 15 is 0 Å². The molecule has 0 aromatic carbocycles. The molecule has 1 N–H and O–H groups in total. The second kappa shape index (κ2) is 15.3. The van der Waals surface area contributed by atoms with E-state index in [1.807, 2.05) is 0 Å². The number of hydrogen-bond donors (Lipinski definition) is 1. The first-order valence-electron chi connectivity index (χ1n) is 17.8. The van der Waals surface area contributed by atoms with Crippen LogP contribution in [-0.2, 0) is 28.6 Å². The third-order valence-corrected chi connectivity index (χ3v) is 12.5. The molecule has 0 spiro atoms. The van der Waals surface area contributed by atoms with Crippen LogP contribution in [0.5, 0.6) is 0 Å². The number of carbonyl (C=O) groups is 3. The molecule has 45 heavy (non-hydrogen) atoms. The van der Waals surface area contributed by atoms with Crippen LogP contribution in [0.4, 0.5) is 0 Å². The highest BCUT2D eigenvalue weighted by molar-refractivity contribution is 5.74. The largest absolute Gasteiger partial charge is 0.480 e. The lowest BCUT2D eigenvalue weighted by Crippen LogP contribution is -2.51. The van der Waals surface area contributed by atoms with Gasteiger partial charge < -0.3 is 19.3 Å². The van der Waals surface area contributed by atoms with Gasteiger partial charge in [0.2, 0.25) is 0 Å². The highest BCUT2D eigenvalue weighted by Crippen LogP contribution is 2.67. The predicted octanol–water partition coefficient (Wildman–Crippen LogP) is 6.90. The Morgan fingerprint density at radius 2 is 1.78 bits per heavy atom. The number of fused-ring (bicyclic) bond motifs is 5. The molecular formula is C37H61NO7. The Morgan fingerprint density at radius 1 is 1.02 bits per heavy atom. The van der Waals surface area contributed by atoms with Gasteiger partial charge in [-0.15, -0.1) is 0 Å². The summed E-state index contributed by atoms with van der Waals surface area (Å²) in [5.41, 5.74) is 2.25. The minimum atomic E-state index is -1.07. The highest BCUT2D eigenvalue weighted by Gasteiger charge is 2.59. The van der Waals surface area contributed by atoms with E-state index in [9.17, 15) is 19.5 Å². The predicted molar refractivity (Wildman–Crippen MR) is 174 cm³/mol. The fourth-order valence-corrected chi connectivity index (χ4v) is 10.3. The van der Waals surface area contributed by atoms with Gasteiger partial charge in [0, 0.05) is 13.5 Å². The van der Waals surface area contributed by atoms with Crippen molar-refractivity contribution in [1.82, 2.24) is 4.90 Å². The number of methoxy groups -OCH3 is 1. The summed E-state index contributed by atoms with van der Waals surface area (Å²) in [5.74, 6) is 2.77. The number of nitrogens with zero attached hydrogens (tertiary/aromatic N) is 1. The topological polar surface area (TPSA) is 102 Å². The number of rotatable bonds is 15. The maximum atomic E-state index is 11.9. The molecule has 9 atom stereocenters. The number of carboxylic acids is 1. The fourth-order valence-electron chi connectivity index (χ4n) is 10.3. The van der Waals surface area contributed by atoms with E-state index < -0.39 is 24.0 Å². The summed E-state index contributed by atoms with van der Waals surface area (Å²) in [4.78, 5) is 36.5. The van der Waals surface area contributed by atoms with Crippen LogP contribution in [0.2, 0.25) is 0 Å². The van der Waals surface area contributed by atoms with Crippen LogP contribution in [0.1, 0.15) is 112 Å². The Balaban J connectivity index is 1.37. The average molecular weight is 632 g/mol. The lowest BCUT2D eigenvalue weighted by Gasteiger charge is -2.58. The minimum Gasteiger partial charge on any atom is -0.480 e. The third kappa shape index (κ3) is 8.51. The monoisotopic (exact) mass is 631 g/mol. The number of carbonyl (C=O) groups excluding carboxylic acids is 2. The molecule has 0 heterocycles. The number of aliphatic carboxylic acids is 1. The van der Waals surface area contributed by atoms with Gasteiger partial charge >= 0.3 is 17.9 Å². The molecule has 4 rings (SSSR count). The minimum absolute atomic E-state index is 0.0314. The first kappa shape index (κ1) is 35.9. The number of carboxylic acid groups (broad SMARTS) is 1. The Hall–Kier alpha value is -1.93. The van der Waals surface area contributed by atoms with Crippen molar-refractivity contribution in [3.05, 3.63) is 11.6 Å². The quantitative estimate of drug-likeness (QED) is 0.154. The summed E-state index contributed by atoms with van der Waals surface area (Å²) in [6.07, 6.45) is 15.7. The standard InChI is InChI=1S/C37H61NO7/c1-24(2)9-8-10-25(3)31-13-14-32-30-12-11-27-19-28(15-17-36(27,5)33(30)16-18-37(31,32)6)44-23-29(45-26(4)39)20-38(21-34(40)41)22-35(42)43-7/h11,24-25,28-33H,8-10,12-23H2,1-7H3,(H,40,41)/t25-,28+,29?,30?,31-,32?,33?,36+,37?/m1/s1. The Kier molecular flexibility index (Phi) is 12.2. The van der Waals surface area contributed by atoms with Crippen LogP contribution in [0.3, 0.4) is 0 Å². The van der Waals surface area contributed by atoms with Crippen molar-refractivity contribution in [2.45, 2.75) is 124 Å². The number of allylic oxidation sites excluding steroid dienone is 1. The normalized spacial score (nSPS) is 33.9. The molecule has 0 saturated heterocycles. The third-order valence-electron chi connectivity index (χ3n) is 12.5. The van der Waals surface area contributed by atoms with Crippen molar-refractivity contribution in [3.63, 3.8) is 0 Å². The van der Waals surface area contributed by atoms with Gasteiger partial charge in [-0.25, -0.2) is 0 Å². The second-order valence-electron chi connectivity index (χ2n) is 15.9. The molecule has 3 saturated carbocycles. The van der Waals surface area contributed by atoms with Gasteiger partial charge in [-0.1, -0.05) is 65.5 Å². The molecular weight excluding hydrogens is 570 g/mol. The van der Waals surface area contributed by atoms with E-state index in [4.69, 9.17) is 14.2 Å². The van der Waals surface area contributed by atoms with Crippen molar-refractivity contribution in [2.24, 2.45) is 46.3 Å². The van der Waals surface area contributed by atoms with E-state index in [1.54, 1.807) is 5.57 Å². The zero-order valence-corrected chi connectivity index (χ0v) is 29.1. The van der Waals surface area contributed by atoms with Gasteiger partial charge in [0.05, 0.1) is 32.9 Å². The molecule has 256 valence electrons. The maximum absolute atomic E-state index is 11.9. The molecule has 0 radical (unpaired) electrons. The van der Waals surface area contributed by atoms with E-state index in [2.05, 4.69) is 40.7 Å². The van der Waals surface area contributed by atoms with E-state index in [0.29, 0.717) is 5.41 Å². The van der Waals surface area contributed by atoms with Crippen molar-refractivity contribution >= 4 is 17.9 Å². The van der Waals surface area contributed by atoms with Crippen LogP contribution in [0, 0.1) is 46.3 Å². The zero-order chi connectivity index (χ0) is 32.9. The summed E-state index contributed by atoms with van der Waals surface area (Å²) < 4.78 is 16.6. The SMILES string of the molecule is COC(=O)CN(CC(=O)O)CC(CO[C@H]1CC[C@@]2(C)C(=CCC3C4CC[C@H]([C@H](C)CCCC(C)C)C4(C)CCC32)C1)OC(C)=O. The van der Waals surface area contributed by atoms with Gasteiger partial charge in [-0.3, -0.25) is 19.3 Å². The van der Waals surface area contributed by atoms with Crippen molar-refractivity contribution in [2.75, 3.05) is 33.4 Å². The lowest BCUT2D eigenvalue weighted by atomic mass is 9.47. The van der Waals surface area contributed by atoms with Gasteiger partial charge in [-0.2, -0.15) is 0 Å². The summed E-state index contributed by atoms with van der Waals surface area (Å²) in [7, 11) is 1.26. The summed E-state index contributed by atoms with van der Waals surface area (Å²) >= 11 is 0. The average Bonchev–Trinajstić information content (AvgIpc) is 3.32. The fraction of sp³-hybridized carbons (Fsp3) is 0.865. The summed E-state index contributed by atoms with van der Waals surface area (Å²) in [6, 6.07) is 0. The van der Waals surface area contributed by atoms with E-state index in [0.717, 1.165) is 54.8 Å². The molecule has 0 aromatic rings. The van der Waals surface area contributed by atoms with Crippen LogP contribution >= 0.6 is 0 Å². The van der Waals surface area contributed by atoms with Gasteiger partial charge in [0.25, 0.3) is 0 Å². The summed E-state index contributed by atoms with van der Waals surface area (Å²) in [6.45, 7) is 13.4. The Bertz CT molecular complexity index is 1070. The molecule has 0 aromatic heterocycles. The van der Waals surface area contributed by atoms with Crippen molar-refractivity contribution in [3.8, 4) is 0 Å². The van der Waals surface area contributed by atoms with Crippen LogP contribution in [0.25, 0.3) is 0 Å². The lowest BCUT2D eigenvalue weighted by molar-refractivity contribution is -0.154. The summed E-state index contributed by atoms with van der Waals surface area (Å²) in [5, 5.41) is 9.32. The molecule has 3 fully saturated rings. The first-order valence-corrected chi connectivity index (χ1v) is 17.8. The van der Waals surface area contributed by atoms with Gasteiger partial charge in [0.15, 0.2) is 0 Å². The Morgan fingerprint density at radius 3 is 2.44 bits per heavy atom. The molecule has 8 nitrogen and oxygen atoms in total. The zero-order valence-electron chi connectivity index (χ0n) is 29.1. The highest BCUT2D eigenvalue weighted by atomic mass is 16.6.